The van der Waals surface area contributed by atoms with Gasteiger partial charge < -0.3 is 46.3 Å². The lowest BCUT2D eigenvalue weighted by Gasteiger charge is -2.31. The van der Waals surface area contributed by atoms with Crippen LogP contribution >= 0.6 is 0 Å². The topological polar surface area (TPSA) is 265 Å². The first-order valence-corrected chi connectivity index (χ1v) is 18.5. The predicted molar refractivity (Wildman–Crippen MR) is 203 cm³/mol. The summed E-state index contributed by atoms with van der Waals surface area (Å²) in [6.45, 7) is 14.8. The van der Waals surface area contributed by atoms with Crippen molar-refractivity contribution in [1.29, 1.82) is 0 Å². The lowest BCUT2D eigenvalue weighted by molar-refractivity contribution is -0.145. The monoisotopic (exact) mass is 774 g/mol. The lowest BCUT2D eigenvalue weighted by atomic mass is 9.93. The van der Waals surface area contributed by atoms with Crippen molar-refractivity contribution in [2.24, 2.45) is 17.8 Å². The summed E-state index contributed by atoms with van der Waals surface area (Å²) in [5.41, 5.74) is 0.524. The molecule has 9 N–H and O–H groups in total. The van der Waals surface area contributed by atoms with Crippen molar-refractivity contribution in [1.82, 2.24) is 31.6 Å². The van der Waals surface area contributed by atoms with Gasteiger partial charge in [0.15, 0.2) is 0 Å². The van der Waals surface area contributed by atoms with Crippen LogP contribution in [0.15, 0.2) is 30.5 Å². The fourth-order valence-corrected chi connectivity index (χ4v) is 5.72. The molecule has 0 aliphatic heterocycles. The minimum absolute atomic E-state index is 0.0463. The quantitative estimate of drug-likeness (QED) is 0.0881. The minimum Gasteiger partial charge on any atom is -0.480 e. The number of hydrogen-bond donors (Lipinski definition) is 9. The summed E-state index contributed by atoms with van der Waals surface area (Å²) in [5, 5.41) is 43.8. The SMILES string of the molecule is CC[C@H](C)[C@H](NC(=O)[C@@H](NC(=O)OC(C)(C)C)C(=O)O)C(=O)N[C@H](C(=O)N[C@@H](Cc1c[nH]c2ccccc12)[C@@H](O)CC(=O)N[C@H](C(=O)O)C(C)C)[C@@H](C)CC. The predicted octanol–water partition coefficient (Wildman–Crippen LogP) is 2.21. The minimum atomic E-state index is -2.10. The van der Waals surface area contributed by atoms with Gasteiger partial charge >= 0.3 is 18.0 Å². The van der Waals surface area contributed by atoms with E-state index in [0.717, 1.165) is 10.9 Å². The molecule has 0 aliphatic carbocycles. The van der Waals surface area contributed by atoms with Gasteiger partial charge in [-0.05, 0) is 56.6 Å². The van der Waals surface area contributed by atoms with E-state index in [1.165, 1.54) is 0 Å². The number of carbonyl (C=O) groups is 7. The number of amides is 5. The Hall–Kier alpha value is -5.19. The highest BCUT2D eigenvalue weighted by Gasteiger charge is 2.38. The smallest absolute Gasteiger partial charge is 0.408 e. The Labute approximate surface area is 321 Å². The molecule has 0 radical (unpaired) electrons. The maximum Gasteiger partial charge on any atom is 0.408 e. The van der Waals surface area contributed by atoms with Gasteiger partial charge in [-0.2, -0.15) is 0 Å². The van der Waals surface area contributed by atoms with Crippen LogP contribution in [0.3, 0.4) is 0 Å². The van der Waals surface area contributed by atoms with Crippen molar-refractivity contribution in [3.05, 3.63) is 36.0 Å². The first kappa shape index (κ1) is 46.0. The summed E-state index contributed by atoms with van der Waals surface area (Å²) in [4.78, 5) is 93.3. The molecule has 0 saturated carbocycles. The molecule has 0 fully saturated rings. The standard InChI is InChI=1S/C38H58N6O11/c1-10-20(5)29(42-33(48)30(21(6)11-2)43-34(49)31(36(52)53)44-37(54)55-38(7,8)9)32(47)40-25(16-22-18-39-24-15-13-12-14-23(22)24)26(45)17-27(46)41-28(19(3)4)35(50)51/h12-15,18-21,25-26,28-31,39,45H,10-11,16-17H2,1-9H3,(H,40,47)(H,41,46)(H,42,48)(H,43,49)(H,44,54)(H,50,51)(H,52,53)/t20-,21-,25-,26-,28-,29-,30-,31+/m0/s1. The Morgan fingerprint density at radius 2 is 1.29 bits per heavy atom. The third kappa shape index (κ3) is 13.9. The molecule has 1 heterocycles. The van der Waals surface area contributed by atoms with Crippen molar-refractivity contribution in [3.63, 3.8) is 0 Å². The number of aromatic amines is 1. The fraction of sp³-hybridized carbons (Fsp3) is 0.605. The lowest BCUT2D eigenvalue weighted by Crippen LogP contribution is -2.61. The van der Waals surface area contributed by atoms with Crippen LogP contribution < -0.4 is 26.6 Å². The Balaban J connectivity index is 2.39. The molecular weight excluding hydrogens is 716 g/mol. The number of benzene rings is 1. The molecule has 2 rings (SSSR count). The van der Waals surface area contributed by atoms with Crippen molar-refractivity contribution >= 4 is 52.6 Å². The molecule has 0 spiro atoms. The zero-order valence-electron chi connectivity index (χ0n) is 33.0. The fourth-order valence-electron chi connectivity index (χ4n) is 5.72. The van der Waals surface area contributed by atoms with Gasteiger partial charge in [0.1, 0.15) is 23.7 Å². The third-order valence-corrected chi connectivity index (χ3v) is 9.31. The zero-order chi connectivity index (χ0) is 41.8. The number of carboxylic acids is 2. The van der Waals surface area contributed by atoms with Gasteiger partial charge in [0.05, 0.1) is 18.6 Å². The van der Waals surface area contributed by atoms with E-state index < -0.39 is 108 Å². The van der Waals surface area contributed by atoms with Crippen LogP contribution in [0.5, 0.6) is 0 Å². The van der Waals surface area contributed by atoms with E-state index in [2.05, 4.69) is 26.3 Å². The summed E-state index contributed by atoms with van der Waals surface area (Å²) in [5.74, 6) is -7.87. The molecule has 55 heavy (non-hydrogen) atoms. The number of aromatic nitrogens is 1. The number of aliphatic carboxylic acids is 2. The molecule has 0 bridgehead atoms. The van der Waals surface area contributed by atoms with E-state index in [1.54, 1.807) is 68.5 Å². The van der Waals surface area contributed by atoms with Crippen LogP contribution in [0.2, 0.25) is 0 Å². The molecule has 1 aromatic carbocycles. The van der Waals surface area contributed by atoms with Gasteiger partial charge in [-0.15, -0.1) is 0 Å². The largest absolute Gasteiger partial charge is 0.480 e. The van der Waals surface area contributed by atoms with E-state index in [4.69, 9.17) is 4.74 Å². The Kier molecular flexibility index (Phi) is 17.1. The number of fused-ring (bicyclic) bond motifs is 1. The van der Waals surface area contributed by atoms with E-state index in [1.807, 2.05) is 29.6 Å². The Morgan fingerprint density at radius 1 is 0.745 bits per heavy atom. The number of nitrogens with one attached hydrogen (secondary N) is 6. The van der Waals surface area contributed by atoms with Crippen LogP contribution in [0.4, 0.5) is 4.79 Å². The number of hydrogen-bond acceptors (Lipinski definition) is 9. The first-order chi connectivity index (χ1) is 25.6. The zero-order valence-corrected chi connectivity index (χ0v) is 33.0. The van der Waals surface area contributed by atoms with E-state index in [9.17, 15) is 48.9 Å². The molecule has 0 aliphatic rings. The highest BCUT2D eigenvalue weighted by atomic mass is 16.6. The molecule has 17 nitrogen and oxygen atoms in total. The van der Waals surface area contributed by atoms with E-state index >= 15 is 0 Å². The highest BCUT2D eigenvalue weighted by Crippen LogP contribution is 2.21. The molecule has 0 unspecified atom stereocenters. The number of H-pyrrole nitrogens is 1. The Bertz CT molecular complexity index is 1670. The molecule has 5 amide bonds. The third-order valence-electron chi connectivity index (χ3n) is 9.31. The van der Waals surface area contributed by atoms with Gasteiger partial charge in [0, 0.05) is 17.1 Å². The summed E-state index contributed by atoms with van der Waals surface area (Å²) < 4.78 is 5.08. The highest BCUT2D eigenvalue weighted by molar-refractivity contribution is 6.05. The first-order valence-electron chi connectivity index (χ1n) is 18.5. The van der Waals surface area contributed by atoms with Gasteiger partial charge in [0.25, 0.3) is 5.91 Å². The normalized spacial score (nSPS) is 16.0. The molecule has 1 aromatic heterocycles. The number of para-hydroxylation sites is 1. The number of aliphatic hydroxyl groups excluding tert-OH is 1. The number of alkyl carbamates (subject to hydrolysis) is 1. The summed E-state index contributed by atoms with van der Waals surface area (Å²) >= 11 is 0. The van der Waals surface area contributed by atoms with Crippen molar-refractivity contribution < 1.29 is 53.6 Å². The van der Waals surface area contributed by atoms with Crippen LogP contribution in [0.1, 0.15) is 87.1 Å². The second-order valence-electron chi connectivity index (χ2n) is 15.2. The summed E-state index contributed by atoms with van der Waals surface area (Å²) in [6.07, 6.45) is -0.675. The average Bonchev–Trinajstić information content (AvgIpc) is 3.50. The van der Waals surface area contributed by atoms with Crippen molar-refractivity contribution in [3.8, 4) is 0 Å². The van der Waals surface area contributed by atoms with Crippen LogP contribution in [0, 0.1) is 17.8 Å². The molecule has 306 valence electrons. The van der Waals surface area contributed by atoms with Gasteiger partial charge in [-0.3, -0.25) is 24.5 Å². The molecule has 2 aromatic rings. The number of rotatable bonds is 20. The van der Waals surface area contributed by atoms with E-state index in [-0.39, 0.29) is 6.42 Å². The van der Waals surface area contributed by atoms with Crippen molar-refractivity contribution in [2.45, 2.75) is 130 Å². The molecule has 17 heteroatoms. The van der Waals surface area contributed by atoms with Crippen LogP contribution in [-0.2, 0) is 39.9 Å². The number of aliphatic hydroxyl groups is 1. The summed E-state index contributed by atoms with van der Waals surface area (Å²) in [6, 6.07) is 0.402. The van der Waals surface area contributed by atoms with Crippen LogP contribution in [-0.4, -0.2) is 104 Å². The van der Waals surface area contributed by atoms with Gasteiger partial charge in [-0.25, -0.2) is 14.4 Å². The van der Waals surface area contributed by atoms with Gasteiger partial charge in [-0.1, -0.05) is 72.6 Å². The Morgan fingerprint density at radius 3 is 1.80 bits per heavy atom. The number of ether oxygens (including phenoxy) is 1. The second-order valence-corrected chi connectivity index (χ2v) is 15.2. The average molecular weight is 775 g/mol. The van der Waals surface area contributed by atoms with Gasteiger partial charge in [0.2, 0.25) is 23.8 Å². The number of carboxylic acid groups (broad SMARTS) is 2. The van der Waals surface area contributed by atoms with Crippen molar-refractivity contribution in [2.75, 3.05) is 0 Å². The maximum absolute atomic E-state index is 14.1. The second kappa shape index (κ2) is 20.5. The summed E-state index contributed by atoms with van der Waals surface area (Å²) in [7, 11) is 0. The molecule has 8 atom stereocenters. The van der Waals surface area contributed by atoms with E-state index in [0.29, 0.717) is 18.4 Å². The molecular formula is C38H58N6O11. The number of carbonyl (C=O) groups excluding carboxylic acids is 5. The maximum atomic E-state index is 14.1. The van der Waals surface area contributed by atoms with Crippen LogP contribution in [0.25, 0.3) is 10.9 Å². The molecule has 0 saturated heterocycles.